The van der Waals surface area contributed by atoms with E-state index in [0.29, 0.717) is 17.4 Å². The third kappa shape index (κ3) is 3.35. The zero-order valence-electron chi connectivity index (χ0n) is 16.5. The lowest BCUT2D eigenvalue weighted by Gasteiger charge is -2.39. The molecule has 4 heterocycles. The minimum absolute atomic E-state index is 0.222. The van der Waals surface area contributed by atoms with Crippen molar-refractivity contribution < 1.29 is 4.39 Å². The molecule has 0 aromatic carbocycles. The Morgan fingerprint density at radius 2 is 1.89 bits per heavy atom. The first-order valence-corrected chi connectivity index (χ1v) is 9.67. The molecule has 4 rings (SSSR count). The average molecular weight is 370 g/mol. The first-order valence-electron chi connectivity index (χ1n) is 9.67. The molecule has 0 aliphatic carbocycles. The first-order chi connectivity index (χ1) is 12.8. The predicted molar refractivity (Wildman–Crippen MR) is 104 cm³/mol. The lowest BCUT2D eigenvalue weighted by atomic mass is 9.91. The zero-order valence-corrected chi connectivity index (χ0v) is 16.5. The largest absolute Gasteiger partial charge is 0.349 e. The molecule has 0 N–H and O–H groups in total. The van der Waals surface area contributed by atoms with Crippen molar-refractivity contribution >= 4 is 11.8 Å². The molecule has 27 heavy (non-hydrogen) atoms. The summed E-state index contributed by atoms with van der Waals surface area (Å²) in [5.41, 5.74) is 1.09. The van der Waals surface area contributed by atoms with Crippen molar-refractivity contribution in [3.8, 4) is 0 Å². The van der Waals surface area contributed by atoms with Gasteiger partial charge in [-0.2, -0.15) is 0 Å². The number of anilines is 2. The van der Waals surface area contributed by atoms with Gasteiger partial charge in [-0.1, -0.05) is 20.8 Å². The van der Waals surface area contributed by atoms with Crippen molar-refractivity contribution in [2.24, 2.45) is 5.92 Å². The highest BCUT2D eigenvalue weighted by atomic mass is 19.1. The number of hydrogen-bond acceptors (Lipinski definition) is 6. The molecule has 6 nitrogen and oxygen atoms in total. The maximum Gasteiger partial charge on any atom is 0.225 e. The number of hydrogen-bond donors (Lipinski definition) is 0. The van der Waals surface area contributed by atoms with Crippen LogP contribution in [-0.2, 0) is 5.41 Å². The van der Waals surface area contributed by atoms with E-state index in [1.54, 1.807) is 6.20 Å². The lowest BCUT2D eigenvalue weighted by Crippen LogP contribution is -2.49. The Kier molecular flexibility index (Phi) is 4.48. The van der Waals surface area contributed by atoms with E-state index in [4.69, 9.17) is 0 Å². The quantitative estimate of drug-likeness (QED) is 0.810. The van der Waals surface area contributed by atoms with E-state index >= 15 is 4.39 Å². The van der Waals surface area contributed by atoms with Gasteiger partial charge in [0.25, 0.3) is 0 Å². The van der Waals surface area contributed by atoms with E-state index in [-0.39, 0.29) is 17.3 Å². The van der Waals surface area contributed by atoms with E-state index in [9.17, 15) is 0 Å². The summed E-state index contributed by atoms with van der Waals surface area (Å²) in [6.45, 7) is 10.5. The van der Waals surface area contributed by atoms with Crippen molar-refractivity contribution in [3.63, 3.8) is 0 Å². The molecule has 2 unspecified atom stereocenters. The molecule has 0 radical (unpaired) electrons. The molecule has 2 aliphatic heterocycles. The number of aromatic nitrogens is 4. The SMILES string of the molecule is Cc1ccnc(N2CCC3CCN(c4ncnc(C(C)(C)C)c4F)C3C2)n1. The molecule has 7 heteroatoms. The topological polar surface area (TPSA) is 58.0 Å². The van der Waals surface area contributed by atoms with Gasteiger partial charge in [-0.05, 0) is 31.7 Å². The fourth-order valence-electron chi connectivity index (χ4n) is 4.26. The van der Waals surface area contributed by atoms with Gasteiger partial charge in [-0.15, -0.1) is 0 Å². The van der Waals surface area contributed by atoms with Gasteiger partial charge in [-0.25, -0.2) is 24.3 Å². The van der Waals surface area contributed by atoms with E-state index in [1.165, 1.54) is 6.33 Å². The summed E-state index contributed by atoms with van der Waals surface area (Å²) in [5, 5.41) is 0. The minimum atomic E-state index is -0.352. The van der Waals surface area contributed by atoms with Crippen molar-refractivity contribution in [3.05, 3.63) is 35.8 Å². The van der Waals surface area contributed by atoms with Crippen molar-refractivity contribution in [2.75, 3.05) is 29.4 Å². The van der Waals surface area contributed by atoms with Gasteiger partial charge in [0.2, 0.25) is 5.95 Å². The highest BCUT2D eigenvalue weighted by Crippen LogP contribution is 2.37. The summed E-state index contributed by atoms with van der Waals surface area (Å²) in [5.74, 6) is 1.47. The lowest BCUT2D eigenvalue weighted by molar-refractivity contribution is 0.384. The van der Waals surface area contributed by atoms with Gasteiger partial charge in [0.1, 0.15) is 6.33 Å². The molecule has 2 atom stereocenters. The highest BCUT2D eigenvalue weighted by Gasteiger charge is 2.41. The Morgan fingerprint density at radius 1 is 1.11 bits per heavy atom. The number of aryl methyl sites for hydroxylation is 1. The van der Waals surface area contributed by atoms with Crippen molar-refractivity contribution in [2.45, 2.75) is 52.0 Å². The van der Waals surface area contributed by atoms with Gasteiger partial charge in [-0.3, -0.25) is 0 Å². The van der Waals surface area contributed by atoms with Crippen LogP contribution in [0.2, 0.25) is 0 Å². The van der Waals surface area contributed by atoms with Gasteiger partial charge in [0, 0.05) is 36.9 Å². The molecule has 0 spiro atoms. The zero-order chi connectivity index (χ0) is 19.2. The fraction of sp³-hybridized carbons (Fsp3) is 0.600. The second kappa shape index (κ2) is 6.69. The second-order valence-electron chi connectivity index (χ2n) is 8.65. The molecule has 2 aromatic rings. The van der Waals surface area contributed by atoms with Crippen LogP contribution in [0.4, 0.5) is 16.2 Å². The molecule has 0 saturated carbocycles. The van der Waals surface area contributed by atoms with Crippen LogP contribution in [0, 0.1) is 18.7 Å². The standard InChI is InChI=1S/C20H27FN6/c1-13-5-8-22-19(25-13)26-9-6-14-7-10-27(15(14)11-26)18-16(21)17(20(2,3)4)23-12-24-18/h5,8,12,14-15H,6-7,9-11H2,1-4H3. The van der Waals surface area contributed by atoms with Crippen LogP contribution in [-0.4, -0.2) is 45.6 Å². The van der Waals surface area contributed by atoms with Crippen LogP contribution in [0.3, 0.4) is 0 Å². The van der Waals surface area contributed by atoms with E-state index in [0.717, 1.165) is 44.1 Å². The smallest absolute Gasteiger partial charge is 0.225 e. The summed E-state index contributed by atoms with van der Waals surface area (Å²) in [6.07, 6.45) is 5.44. The maximum atomic E-state index is 15.2. The summed E-state index contributed by atoms with van der Waals surface area (Å²) in [4.78, 5) is 21.9. The minimum Gasteiger partial charge on any atom is -0.349 e. The molecule has 2 fully saturated rings. The van der Waals surface area contributed by atoms with Crippen molar-refractivity contribution in [1.82, 2.24) is 19.9 Å². The average Bonchev–Trinajstić information content (AvgIpc) is 3.04. The van der Waals surface area contributed by atoms with Gasteiger partial charge >= 0.3 is 0 Å². The van der Waals surface area contributed by atoms with E-state index in [1.807, 2.05) is 33.8 Å². The monoisotopic (exact) mass is 370 g/mol. The highest BCUT2D eigenvalue weighted by molar-refractivity contribution is 5.47. The number of nitrogens with zero attached hydrogens (tertiary/aromatic N) is 6. The van der Waals surface area contributed by atoms with Crippen LogP contribution in [0.15, 0.2) is 18.6 Å². The first kappa shape index (κ1) is 18.1. The van der Waals surface area contributed by atoms with Gasteiger partial charge in [0.05, 0.1) is 11.7 Å². The van der Waals surface area contributed by atoms with Crippen LogP contribution in [0.25, 0.3) is 0 Å². The molecule has 0 amide bonds. The third-order valence-corrected chi connectivity index (χ3v) is 5.68. The maximum absolute atomic E-state index is 15.2. The van der Waals surface area contributed by atoms with Crippen molar-refractivity contribution in [1.29, 1.82) is 0 Å². The normalized spacial score (nSPS) is 22.9. The van der Waals surface area contributed by atoms with Gasteiger partial charge < -0.3 is 9.80 Å². The second-order valence-corrected chi connectivity index (χ2v) is 8.65. The number of rotatable bonds is 2. The molecule has 0 bridgehead atoms. The Bertz CT molecular complexity index is 833. The Morgan fingerprint density at radius 3 is 2.63 bits per heavy atom. The van der Waals surface area contributed by atoms with Gasteiger partial charge in [0.15, 0.2) is 11.6 Å². The number of piperidine rings is 1. The molecular formula is C20H27FN6. The Hall–Kier alpha value is -2.31. The molecule has 144 valence electrons. The molecule has 2 saturated heterocycles. The molecule has 2 aliphatic rings. The third-order valence-electron chi connectivity index (χ3n) is 5.68. The Labute approximate surface area is 159 Å². The summed E-state index contributed by atoms with van der Waals surface area (Å²) in [7, 11) is 0. The van der Waals surface area contributed by atoms with Crippen LogP contribution < -0.4 is 9.80 Å². The van der Waals surface area contributed by atoms with Crippen LogP contribution in [0.5, 0.6) is 0 Å². The summed E-state index contributed by atoms with van der Waals surface area (Å²) in [6, 6.07) is 2.13. The van der Waals surface area contributed by atoms with Crippen LogP contribution in [0.1, 0.15) is 45.0 Å². The summed E-state index contributed by atoms with van der Waals surface area (Å²) >= 11 is 0. The van der Waals surface area contributed by atoms with E-state index in [2.05, 4.69) is 29.7 Å². The molecular weight excluding hydrogens is 343 g/mol. The number of fused-ring (bicyclic) bond motifs is 1. The number of halogens is 1. The molecule has 2 aromatic heterocycles. The van der Waals surface area contributed by atoms with Crippen LogP contribution >= 0.6 is 0 Å². The predicted octanol–water partition coefficient (Wildman–Crippen LogP) is 3.12. The fourth-order valence-corrected chi connectivity index (χ4v) is 4.26. The summed E-state index contributed by atoms with van der Waals surface area (Å²) < 4.78 is 15.2. The van der Waals surface area contributed by atoms with E-state index < -0.39 is 0 Å². The Balaban J connectivity index is 1.62.